The Kier molecular flexibility index (Phi) is 79.9. The van der Waals surface area contributed by atoms with E-state index < -0.39 is 41.9 Å². The number of nitrogens with one attached hydrogen (secondary N) is 3. The Balaban J connectivity index is -0.000000711. The third-order valence-electron chi connectivity index (χ3n) is 18.9. The number of hydrogen-bond acceptors (Lipinski definition) is 11. The molecular formula is C110H152Br4ClKMgN4O7PtSi2. The van der Waals surface area contributed by atoms with E-state index >= 15 is 0 Å². The Morgan fingerprint density at radius 2 is 0.641 bits per heavy atom. The molecule has 0 unspecified atom stereocenters. The predicted octanol–water partition coefficient (Wildman–Crippen LogP) is 25.9. The summed E-state index contributed by atoms with van der Waals surface area (Å²) in [7, 11) is -3.17. The van der Waals surface area contributed by atoms with E-state index in [2.05, 4.69) is 391 Å². The van der Waals surface area contributed by atoms with Crippen molar-refractivity contribution >= 4 is 144 Å². The molecule has 11 nitrogen and oxygen atoms in total. The summed E-state index contributed by atoms with van der Waals surface area (Å²) in [5.74, 6) is 0. The molecule has 0 bridgehead atoms. The van der Waals surface area contributed by atoms with E-state index in [0.717, 1.165) is 138 Å². The van der Waals surface area contributed by atoms with E-state index in [1.807, 2.05) is 70.7 Å². The van der Waals surface area contributed by atoms with Gasteiger partial charge in [-0.05, 0) is 345 Å². The number of halogens is 5. The molecular weight excluding hydrogens is 2160 g/mol. The van der Waals surface area contributed by atoms with Crippen LogP contribution >= 0.6 is 63.7 Å². The van der Waals surface area contributed by atoms with E-state index in [0.29, 0.717) is 0 Å². The first-order valence-corrected chi connectivity index (χ1v) is 54.1. The van der Waals surface area contributed by atoms with Gasteiger partial charge >= 0.3 is 118 Å². The van der Waals surface area contributed by atoms with Gasteiger partial charge in [-0.25, -0.2) is 19.6 Å². The monoisotopic (exact) mass is 2310 g/mol. The van der Waals surface area contributed by atoms with E-state index in [9.17, 15) is 5.11 Å². The van der Waals surface area contributed by atoms with E-state index in [-0.39, 0.29) is 86.8 Å². The molecule has 0 aromatic heterocycles. The number of nitrogens with two attached hydrogens (primary N) is 1. The van der Waals surface area contributed by atoms with Crippen LogP contribution in [0.1, 0.15) is 187 Å². The van der Waals surface area contributed by atoms with Crippen molar-refractivity contribution in [2.75, 3.05) is 48.1 Å². The first-order chi connectivity index (χ1) is 60.8. The maximum atomic E-state index is 10.1. The van der Waals surface area contributed by atoms with Crippen LogP contribution in [-0.2, 0) is 80.4 Å². The van der Waals surface area contributed by atoms with Crippen molar-refractivity contribution in [2.45, 2.75) is 232 Å². The second kappa shape index (κ2) is 79.1. The van der Waals surface area contributed by atoms with Crippen LogP contribution in [0.2, 0.25) is 19.1 Å². The summed E-state index contributed by atoms with van der Waals surface area (Å²) < 4.78 is 42.6. The normalized spacial score (nSPS) is 10.0. The number of benzene rings is 10. The zero-order valence-corrected chi connectivity index (χ0v) is 99.1. The van der Waals surface area contributed by atoms with Crippen molar-refractivity contribution < 1.29 is 112 Å². The molecule has 10 rings (SSSR count). The minimum atomic E-state index is -1.96. The summed E-state index contributed by atoms with van der Waals surface area (Å²) in [6.45, 7) is 67.2. The van der Waals surface area contributed by atoms with E-state index in [4.69, 9.17) is 30.2 Å². The molecule has 10 aromatic rings. The third-order valence-corrected chi connectivity index (χ3v) is 25.8. The van der Waals surface area contributed by atoms with Crippen molar-refractivity contribution in [1.29, 1.82) is 0 Å². The Labute approximate surface area is 903 Å². The Bertz CT molecular complexity index is 4520. The van der Waals surface area contributed by atoms with E-state index in [1.54, 1.807) is 20.8 Å². The van der Waals surface area contributed by atoms with Crippen molar-refractivity contribution in [1.82, 2.24) is 0 Å². The Morgan fingerprint density at radius 3 is 0.855 bits per heavy atom. The summed E-state index contributed by atoms with van der Waals surface area (Å²) in [5, 5.41) is 21.7. The number of alkyl halides is 1. The van der Waals surface area contributed by atoms with Crippen LogP contribution in [0.5, 0.6) is 0 Å². The number of unbranched alkanes of at least 4 members (excludes halogenated alkanes) is 1. The molecule has 0 aliphatic rings. The zero-order valence-electron chi connectivity index (χ0n) is 83.1. The SMILES string of the molecule is BrCc1ccc(Br)cc1.C=CCCc1ccc(Br)cc1.C=CCCc1ccc(Br)cc1.C=CCCc1ccc(Nc2c(C)cc(C)cc2C)cc1.C=CCCc1ccc(Nc2c(C)cc(C)cc2C)cc1.C=C[CH2-].CC(C)(C)[O-].CCO[SiH](C)OCC.CCO[Si](C)(CCCCc1ccc(Nc2c(C)cc(C)cc2C)cc1)OCC.Cc1cc(C)c(N)c(C)c1.[Cl-].[K+].[Mg+2].[O]=[Pt]=[O]. The number of allylic oxidation sites excluding steroid dienone is 5. The molecule has 0 saturated carbocycles. The fraction of sp³-hybridized carbons (Fsp3) is 0.355. The zero-order chi connectivity index (χ0) is 96.6. The molecule has 10 aromatic carbocycles. The summed E-state index contributed by atoms with van der Waals surface area (Å²) in [5.41, 5.74) is 36.4. The second-order valence-electron chi connectivity index (χ2n) is 32.1. The molecule has 0 radical (unpaired) electrons. The molecule has 131 heavy (non-hydrogen) atoms. The van der Waals surface area contributed by atoms with Crippen LogP contribution < -0.4 is 90.6 Å². The maximum absolute atomic E-state index is 10.1. The number of nitrogen functional groups attached to an aromatic ring is 1. The fourth-order valence-electron chi connectivity index (χ4n) is 13.1. The molecule has 0 aliphatic heterocycles. The molecule has 0 amide bonds. The summed E-state index contributed by atoms with van der Waals surface area (Å²) in [6.07, 6.45) is 21.2. The summed E-state index contributed by atoms with van der Waals surface area (Å²) in [6, 6.07) is 69.8. The first kappa shape index (κ1) is 132. The summed E-state index contributed by atoms with van der Waals surface area (Å²) in [4.78, 5) is 0. The van der Waals surface area contributed by atoms with Gasteiger partial charge in [-0.3, -0.25) is 0 Å². The van der Waals surface area contributed by atoms with Gasteiger partial charge in [-0.1, -0.05) is 259 Å². The molecule has 21 heteroatoms. The molecule has 0 heterocycles. The number of hydrogen-bond donors (Lipinski definition) is 4. The predicted molar refractivity (Wildman–Crippen MR) is 577 cm³/mol. The average molecular weight is 2310 g/mol. The topological polar surface area (TPSA) is 156 Å². The van der Waals surface area contributed by atoms with Crippen LogP contribution in [0, 0.1) is 90.0 Å². The molecule has 0 aliphatic carbocycles. The van der Waals surface area contributed by atoms with Crippen molar-refractivity contribution in [3.63, 3.8) is 0 Å². The minimum absolute atomic E-state index is 0. The molecule has 5 N–H and O–H groups in total. The van der Waals surface area contributed by atoms with Crippen LogP contribution in [0.15, 0.2) is 271 Å². The number of anilines is 7. The molecule has 0 saturated heterocycles. The van der Waals surface area contributed by atoms with Crippen LogP contribution in [-0.4, -0.2) is 72.9 Å². The van der Waals surface area contributed by atoms with Crippen molar-refractivity contribution in [2.24, 2.45) is 0 Å². The van der Waals surface area contributed by atoms with Crippen LogP contribution in [0.25, 0.3) is 0 Å². The van der Waals surface area contributed by atoms with Gasteiger partial charge in [-0.2, -0.15) is 0 Å². The van der Waals surface area contributed by atoms with Gasteiger partial charge in [0, 0.05) is 85.0 Å². The standard InChI is InChI=1S/C24H37NO2Si.2C19H23N.2C10H11Br.C9H13N.C7H6Br2.C5H14O2Si.C4H9O.C3H5.ClH.K.Mg.2O.Pt/c1-7-26-28(6,27-8-2)16-10-9-11-22-12-14-23(15-13-22)25-24-20(4)17-19(3)18-21(24)5;2*1-5-6-7-17-8-10-18(11-9-17)20-19-15(3)12-14(2)13-16(19)4;2*1-2-3-4-9-5-7-10(11)8-6-9;1-6-4-7(2)9(10)8(3)5-6;8-5-6-1-3-7(9)4-2-6;1-4-6-8(3)7-5-2;1-4(2,3)5;1-3-2;;;;;;/h12-15,17-18,25H,7-11,16H2,1-6H3;2*5,8-13,20H,1,6-7H2,2-4H3;2*2,5-8H,1,3-4H2;4-5H,10H2,1-3H3;1-4H,5H2;8H,4-5H2,1-3H3;1-3H3;3H,1-2H2;1H;;;;;/q;;;;;;;;2*-1;;+1;+2;;;/p-1. The Hall–Kier alpha value is -4.90. The van der Waals surface area contributed by atoms with Gasteiger partial charge in [0.25, 0.3) is 0 Å². The molecule has 0 atom stereocenters. The molecule has 0 fully saturated rings. The van der Waals surface area contributed by atoms with Crippen molar-refractivity contribution in [3.8, 4) is 0 Å². The van der Waals surface area contributed by atoms with Gasteiger partial charge in [-0.15, -0.1) is 31.9 Å². The molecule has 0 spiro atoms. The Morgan fingerprint density at radius 1 is 0.427 bits per heavy atom. The molecule has 710 valence electrons. The summed E-state index contributed by atoms with van der Waals surface area (Å²) >= 11 is 11.6. The van der Waals surface area contributed by atoms with Crippen molar-refractivity contribution in [3.05, 3.63) is 378 Å². The van der Waals surface area contributed by atoms with Crippen LogP contribution in [0.3, 0.4) is 0 Å². The fourth-order valence-corrected chi connectivity index (χ4v) is 17.7. The second-order valence-corrected chi connectivity index (χ2v) is 40.9. The van der Waals surface area contributed by atoms with Gasteiger partial charge in [0.15, 0.2) is 0 Å². The first-order valence-electron chi connectivity index (χ1n) is 44.1. The van der Waals surface area contributed by atoms with Gasteiger partial charge < -0.3 is 56.9 Å². The van der Waals surface area contributed by atoms with Gasteiger partial charge in [0.05, 0.1) is 0 Å². The van der Waals surface area contributed by atoms with Crippen LogP contribution in [0.4, 0.5) is 39.8 Å². The quantitative estimate of drug-likeness (QED) is 0.00795. The van der Waals surface area contributed by atoms with Gasteiger partial charge in [0.2, 0.25) is 0 Å². The average Bonchev–Trinajstić information content (AvgIpc) is 0.840. The number of aryl methyl sites for hydroxylation is 17. The van der Waals surface area contributed by atoms with E-state index in [1.165, 1.54) is 130 Å². The van der Waals surface area contributed by atoms with Gasteiger partial charge in [0.1, 0.15) is 0 Å². The number of rotatable bonds is 32. The third kappa shape index (κ3) is 64.8.